The van der Waals surface area contributed by atoms with Gasteiger partial charge in [-0.25, -0.2) is 4.39 Å². The maximum absolute atomic E-state index is 13.3. The van der Waals surface area contributed by atoms with Crippen LogP contribution in [-0.2, 0) is 11.3 Å². The van der Waals surface area contributed by atoms with Crippen LogP contribution in [-0.4, -0.2) is 44.3 Å². The van der Waals surface area contributed by atoms with E-state index in [9.17, 15) is 4.39 Å². The summed E-state index contributed by atoms with van der Waals surface area (Å²) in [6.45, 7) is 4.17. The smallest absolute Gasteiger partial charge is 0.123 e. The second-order valence-corrected chi connectivity index (χ2v) is 5.66. The van der Waals surface area contributed by atoms with E-state index in [1.807, 2.05) is 0 Å². The van der Waals surface area contributed by atoms with E-state index in [2.05, 4.69) is 10.2 Å². The third-order valence-electron chi connectivity index (χ3n) is 3.65. The number of halogens is 2. The number of benzene rings is 1. The van der Waals surface area contributed by atoms with E-state index in [1.54, 1.807) is 13.2 Å². The number of hydrogen-bond donors (Lipinski definition) is 1. The second kappa shape index (κ2) is 7.93. The minimum Gasteiger partial charge on any atom is -0.383 e. The van der Waals surface area contributed by atoms with Crippen LogP contribution in [0.2, 0.25) is 5.02 Å². The second-order valence-electron chi connectivity index (χ2n) is 5.26. The standard InChI is InChI=1S/C15H22ClFN2O/c1-20-8-7-19(11-14-3-2-6-18-14)10-12-9-13(17)4-5-15(12)16/h4-5,9,14,18H,2-3,6-8,10-11H2,1H3. The van der Waals surface area contributed by atoms with Crippen molar-refractivity contribution in [1.29, 1.82) is 0 Å². The number of hydrogen-bond acceptors (Lipinski definition) is 3. The van der Waals surface area contributed by atoms with Crippen molar-refractivity contribution in [1.82, 2.24) is 10.2 Å². The van der Waals surface area contributed by atoms with Gasteiger partial charge in [-0.1, -0.05) is 11.6 Å². The number of rotatable bonds is 7. The van der Waals surface area contributed by atoms with Gasteiger partial charge in [-0.2, -0.15) is 0 Å². The predicted octanol–water partition coefficient (Wildman–Crippen LogP) is 2.68. The molecular weight excluding hydrogens is 279 g/mol. The quantitative estimate of drug-likeness (QED) is 0.838. The van der Waals surface area contributed by atoms with E-state index in [-0.39, 0.29) is 5.82 Å². The Morgan fingerprint density at radius 2 is 2.35 bits per heavy atom. The lowest BCUT2D eigenvalue weighted by Gasteiger charge is -2.25. The fraction of sp³-hybridized carbons (Fsp3) is 0.600. The minimum atomic E-state index is -0.241. The molecule has 1 aromatic rings. The summed E-state index contributed by atoms with van der Waals surface area (Å²) in [4.78, 5) is 2.27. The summed E-state index contributed by atoms with van der Waals surface area (Å²) < 4.78 is 18.5. The molecule has 1 fully saturated rings. The van der Waals surface area contributed by atoms with Crippen LogP contribution in [0.25, 0.3) is 0 Å². The van der Waals surface area contributed by atoms with Gasteiger partial charge < -0.3 is 10.1 Å². The molecule has 1 aliphatic rings. The molecule has 20 heavy (non-hydrogen) atoms. The highest BCUT2D eigenvalue weighted by atomic mass is 35.5. The largest absolute Gasteiger partial charge is 0.383 e. The van der Waals surface area contributed by atoms with Gasteiger partial charge in [0.15, 0.2) is 0 Å². The maximum Gasteiger partial charge on any atom is 0.123 e. The van der Waals surface area contributed by atoms with Crippen molar-refractivity contribution in [3.8, 4) is 0 Å². The van der Waals surface area contributed by atoms with Gasteiger partial charge in [-0.05, 0) is 43.1 Å². The van der Waals surface area contributed by atoms with Crippen molar-refractivity contribution < 1.29 is 9.13 Å². The predicted molar refractivity (Wildman–Crippen MR) is 79.6 cm³/mol. The van der Waals surface area contributed by atoms with Crippen molar-refractivity contribution in [2.24, 2.45) is 0 Å². The first kappa shape index (κ1) is 15.7. The molecule has 2 rings (SSSR count). The van der Waals surface area contributed by atoms with Crippen molar-refractivity contribution in [3.63, 3.8) is 0 Å². The molecule has 0 amide bonds. The van der Waals surface area contributed by atoms with Crippen molar-refractivity contribution in [3.05, 3.63) is 34.6 Å². The van der Waals surface area contributed by atoms with Crippen LogP contribution >= 0.6 is 11.6 Å². The Morgan fingerprint density at radius 1 is 1.50 bits per heavy atom. The van der Waals surface area contributed by atoms with Crippen molar-refractivity contribution >= 4 is 11.6 Å². The number of nitrogens with zero attached hydrogens (tertiary/aromatic N) is 1. The molecule has 0 radical (unpaired) electrons. The molecule has 1 N–H and O–H groups in total. The molecule has 0 aliphatic carbocycles. The molecule has 0 saturated carbocycles. The topological polar surface area (TPSA) is 24.5 Å². The normalized spacial score (nSPS) is 18.9. The monoisotopic (exact) mass is 300 g/mol. The van der Waals surface area contributed by atoms with Crippen LogP contribution in [0, 0.1) is 5.82 Å². The summed E-state index contributed by atoms with van der Waals surface area (Å²) in [7, 11) is 1.70. The van der Waals surface area contributed by atoms with Crippen molar-refractivity contribution in [2.75, 3.05) is 33.4 Å². The van der Waals surface area contributed by atoms with Gasteiger partial charge in [0, 0.05) is 37.8 Å². The van der Waals surface area contributed by atoms with E-state index >= 15 is 0 Å². The van der Waals surface area contributed by atoms with Crippen LogP contribution in [0.15, 0.2) is 18.2 Å². The van der Waals surface area contributed by atoms with Crippen LogP contribution in [0.1, 0.15) is 18.4 Å². The highest BCUT2D eigenvalue weighted by Crippen LogP contribution is 2.19. The average Bonchev–Trinajstić information content (AvgIpc) is 2.93. The van der Waals surface area contributed by atoms with E-state index < -0.39 is 0 Å². The van der Waals surface area contributed by atoms with Crippen LogP contribution in [0.3, 0.4) is 0 Å². The Bertz CT molecular complexity index is 424. The number of ether oxygens (including phenoxy) is 1. The molecule has 1 aromatic carbocycles. The Labute approximate surface area is 125 Å². The maximum atomic E-state index is 13.3. The van der Waals surface area contributed by atoms with Gasteiger partial charge in [0.2, 0.25) is 0 Å². The molecule has 0 bridgehead atoms. The summed E-state index contributed by atoms with van der Waals surface area (Å²) in [5.74, 6) is -0.241. The average molecular weight is 301 g/mol. The zero-order chi connectivity index (χ0) is 14.4. The Balaban J connectivity index is 1.99. The molecule has 1 saturated heterocycles. The minimum absolute atomic E-state index is 0.241. The van der Waals surface area contributed by atoms with Crippen LogP contribution in [0.4, 0.5) is 4.39 Å². The first-order valence-electron chi connectivity index (χ1n) is 7.07. The van der Waals surface area contributed by atoms with E-state index in [1.165, 1.54) is 25.0 Å². The molecular formula is C15H22ClFN2O. The Kier molecular flexibility index (Phi) is 6.23. The molecule has 0 spiro atoms. The zero-order valence-electron chi connectivity index (χ0n) is 11.9. The summed E-state index contributed by atoms with van der Waals surface area (Å²) in [5.41, 5.74) is 0.834. The van der Waals surface area contributed by atoms with Gasteiger partial charge in [-0.15, -0.1) is 0 Å². The Hall–Kier alpha value is -0.680. The molecule has 1 heterocycles. The van der Waals surface area contributed by atoms with Gasteiger partial charge in [-0.3, -0.25) is 4.90 Å². The highest BCUT2D eigenvalue weighted by Gasteiger charge is 2.18. The first-order valence-corrected chi connectivity index (χ1v) is 7.45. The first-order chi connectivity index (χ1) is 9.69. The van der Waals surface area contributed by atoms with E-state index in [0.29, 0.717) is 24.2 Å². The van der Waals surface area contributed by atoms with Crippen LogP contribution in [0.5, 0.6) is 0 Å². The SMILES string of the molecule is COCCN(Cc1cc(F)ccc1Cl)CC1CCCN1. The third-order valence-corrected chi connectivity index (χ3v) is 4.02. The molecule has 5 heteroatoms. The fourth-order valence-electron chi connectivity index (χ4n) is 2.58. The van der Waals surface area contributed by atoms with E-state index in [0.717, 1.165) is 25.2 Å². The fourth-order valence-corrected chi connectivity index (χ4v) is 2.76. The molecule has 112 valence electrons. The molecule has 1 aliphatic heterocycles. The number of nitrogens with one attached hydrogen (secondary N) is 1. The summed E-state index contributed by atoms with van der Waals surface area (Å²) in [6.07, 6.45) is 2.42. The summed E-state index contributed by atoms with van der Waals surface area (Å²) in [5, 5.41) is 4.10. The Morgan fingerprint density at radius 3 is 3.05 bits per heavy atom. The summed E-state index contributed by atoms with van der Waals surface area (Å²) >= 11 is 6.15. The number of methoxy groups -OCH3 is 1. The third kappa shape index (κ3) is 4.70. The van der Waals surface area contributed by atoms with Crippen LogP contribution < -0.4 is 5.32 Å². The van der Waals surface area contributed by atoms with Crippen molar-refractivity contribution in [2.45, 2.75) is 25.4 Å². The zero-order valence-corrected chi connectivity index (χ0v) is 12.6. The molecule has 3 nitrogen and oxygen atoms in total. The molecule has 1 unspecified atom stereocenters. The lowest BCUT2D eigenvalue weighted by molar-refractivity contribution is 0.138. The van der Waals surface area contributed by atoms with E-state index in [4.69, 9.17) is 16.3 Å². The molecule has 1 atom stereocenters. The lowest BCUT2D eigenvalue weighted by Crippen LogP contribution is -2.38. The highest BCUT2D eigenvalue weighted by molar-refractivity contribution is 6.31. The van der Waals surface area contributed by atoms with Gasteiger partial charge in [0.25, 0.3) is 0 Å². The summed E-state index contributed by atoms with van der Waals surface area (Å²) in [6, 6.07) is 5.04. The van der Waals surface area contributed by atoms with Gasteiger partial charge in [0.05, 0.1) is 6.61 Å². The van der Waals surface area contributed by atoms with Gasteiger partial charge >= 0.3 is 0 Å². The molecule has 0 aromatic heterocycles. The lowest BCUT2D eigenvalue weighted by atomic mass is 10.1. The van der Waals surface area contributed by atoms with Gasteiger partial charge in [0.1, 0.15) is 5.82 Å².